The summed E-state index contributed by atoms with van der Waals surface area (Å²) < 4.78 is 27.1. The van der Waals surface area contributed by atoms with Gasteiger partial charge in [-0.25, -0.2) is 13.1 Å². The summed E-state index contributed by atoms with van der Waals surface area (Å²) in [5.41, 5.74) is 0.828. The standard InChI is InChI=1S/C15H21ClN2O3S/c1-10(2)18-9-12(6-15(18)19)8-17-22(20,21)13-5-4-11(3)14(16)7-13/h4-5,7,10,12,17H,6,8-9H2,1-3H3. The summed E-state index contributed by atoms with van der Waals surface area (Å²) in [5.74, 6) is 0.0863. The fraction of sp³-hybridized carbons (Fsp3) is 0.533. The van der Waals surface area contributed by atoms with Crippen molar-refractivity contribution >= 4 is 27.5 Å². The van der Waals surface area contributed by atoms with Gasteiger partial charge in [-0.15, -0.1) is 0 Å². The second-order valence-electron chi connectivity index (χ2n) is 5.97. The first-order chi connectivity index (χ1) is 10.2. The minimum Gasteiger partial charge on any atom is -0.340 e. The van der Waals surface area contributed by atoms with Gasteiger partial charge < -0.3 is 4.90 Å². The molecule has 7 heteroatoms. The van der Waals surface area contributed by atoms with Crippen LogP contribution in [0.1, 0.15) is 25.8 Å². The molecule has 1 aromatic carbocycles. The van der Waals surface area contributed by atoms with Gasteiger partial charge in [-0.3, -0.25) is 4.79 Å². The second-order valence-corrected chi connectivity index (χ2v) is 8.15. The van der Waals surface area contributed by atoms with Crippen LogP contribution in [0.15, 0.2) is 23.1 Å². The minimum atomic E-state index is -3.61. The number of benzene rings is 1. The number of likely N-dealkylation sites (tertiary alicyclic amines) is 1. The van der Waals surface area contributed by atoms with Gasteiger partial charge in [0.05, 0.1) is 4.90 Å². The van der Waals surface area contributed by atoms with E-state index in [0.717, 1.165) is 5.56 Å². The van der Waals surface area contributed by atoms with E-state index in [9.17, 15) is 13.2 Å². The van der Waals surface area contributed by atoms with Crippen LogP contribution in [0.4, 0.5) is 0 Å². The van der Waals surface area contributed by atoms with Crippen LogP contribution in [0.2, 0.25) is 5.02 Å². The van der Waals surface area contributed by atoms with Crippen molar-refractivity contribution in [1.29, 1.82) is 0 Å². The SMILES string of the molecule is Cc1ccc(S(=O)(=O)NCC2CC(=O)N(C(C)C)C2)cc1Cl. The van der Waals surface area contributed by atoms with Gasteiger partial charge in [0, 0.05) is 30.6 Å². The normalized spacial score (nSPS) is 19.2. The highest BCUT2D eigenvalue weighted by atomic mass is 35.5. The van der Waals surface area contributed by atoms with Crippen molar-refractivity contribution in [3.8, 4) is 0 Å². The van der Waals surface area contributed by atoms with Crippen molar-refractivity contribution < 1.29 is 13.2 Å². The Morgan fingerprint density at radius 1 is 1.41 bits per heavy atom. The Morgan fingerprint density at radius 3 is 2.64 bits per heavy atom. The van der Waals surface area contributed by atoms with Crippen LogP contribution in [-0.4, -0.2) is 38.4 Å². The van der Waals surface area contributed by atoms with E-state index >= 15 is 0 Å². The lowest BCUT2D eigenvalue weighted by Gasteiger charge is -2.21. The van der Waals surface area contributed by atoms with E-state index in [1.807, 2.05) is 20.8 Å². The molecule has 0 spiro atoms. The van der Waals surface area contributed by atoms with Gasteiger partial charge in [0.1, 0.15) is 0 Å². The number of carbonyl (C=O) groups is 1. The molecule has 1 aromatic rings. The molecule has 0 aromatic heterocycles. The van der Waals surface area contributed by atoms with Gasteiger partial charge in [0.15, 0.2) is 0 Å². The van der Waals surface area contributed by atoms with E-state index in [-0.39, 0.29) is 29.3 Å². The summed E-state index contributed by atoms with van der Waals surface area (Å²) in [6, 6.07) is 4.80. The predicted octanol–water partition coefficient (Wildman–Crippen LogP) is 2.18. The Hall–Kier alpha value is -1.11. The van der Waals surface area contributed by atoms with Gasteiger partial charge in [0.2, 0.25) is 15.9 Å². The first-order valence-electron chi connectivity index (χ1n) is 7.26. The van der Waals surface area contributed by atoms with Crippen molar-refractivity contribution in [3.05, 3.63) is 28.8 Å². The van der Waals surface area contributed by atoms with E-state index in [1.54, 1.807) is 11.0 Å². The summed E-state index contributed by atoms with van der Waals surface area (Å²) in [5, 5.41) is 0.421. The number of aryl methyl sites for hydroxylation is 1. The van der Waals surface area contributed by atoms with E-state index < -0.39 is 10.0 Å². The van der Waals surface area contributed by atoms with Crippen molar-refractivity contribution in [2.24, 2.45) is 5.92 Å². The molecule has 122 valence electrons. The molecule has 1 amide bonds. The second kappa shape index (κ2) is 6.56. The topological polar surface area (TPSA) is 66.5 Å². The molecule has 0 radical (unpaired) electrons. The zero-order valence-corrected chi connectivity index (χ0v) is 14.5. The maximum atomic E-state index is 12.3. The third-order valence-corrected chi connectivity index (χ3v) is 5.71. The highest BCUT2D eigenvalue weighted by molar-refractivity contribution is 7.89. The fourth-order valence-corrected chi connectivity index (χ4v) is 3.88. The molecule has 0 aliphatic carbocycles. The average molecular weight is 345 g/mol. The van der Waals surface area contributed by atoms with Crippen LogP contribution in [0.25, 0.3) is 0 Å². The third kappa shape index (κ3) is 3.80. The number of carbonyl (C=O) groups excluding carboxylic acids is 1. The number of hydrogen-bond donors (Lipinski definition) is 1. The highest BCUT2D eigenvalue weighted by Gasteiger charge is 2.31. The molecule has 1 unspecified atom stereocenters. The monoisotopic (exact) mass is 344 g/mol. The molecule has 0 bridgehead atoms. The Bertz CT molecular complexity index is 673. The number of amides is 1. The molecule has 1 heterocycles. The van der Waals surface area contributed by atoms with Crippen LogP contribution in [0.3, 0.4) is 0 Å². The molecule has 2 rings (SSSR count). The predicted molar refractivity (Wildman–Crippen MR) is 86.3 cm³/mol. The molecule has 0 saturated carbocycles. The van der Waals surface area contributed by atoms with Crippen molar-refractivity contribution in [2.75, 3.05) is 13.1 Å². The minimum absolute atomic E-state index is 0.00518. The molecule has 1 saturated heterocycles. The van der Waals surface area contributed by atoms with Gasteiger partial charge in [-0.2, -0.15) is 0 Å². The first kappa shape index (κ1) is 17.2. The molecule has 1 aliphatic rings. The van der Waals surface area contributed by atoms with Gasteiger partial charge in [-0.1, -0.05) is 17.7 Å². The molecule has 1 fully saturated rings. The van der Waals surface area contributed by atoms with Crippen LogP contribution in [-0.2, 0) is 14.8 Å². The first-order valence-corrected chi connectivity index (χ1v) is 9.12. The number of nitrogens with one attached hydrogen (secondary N) is 1. The quantitative estimate of drug-likeness (QED) is 0.890. The third-order valence-electron chi connectivity index (χ3n) is 3.88. The number of nitrogens with zero attached hydrogens (tertiary/aromatic N) is 1. The molecule has 1 atom stereocenters. The van der Waals surface area contributed by atoms with Crippen molar-refractivity contribution in [1.82, 2.24) is 9.62 Å². The zero-order chi connectivity index (χ0) is 16.5. The summed E-state index contributed by atoms with van der Waals surface area (Å²) in [7, 11) is -3.61. The van der Waals surface area contributed by atoms with Gasteiger partial charge >= 0.3 is 0 Å². The summed E-state index contributed by atoms with van der Waals surface area (Å²) >= 11 is 5.98. The summed E-state index contributed by atoms with van der Waals surface area (Å²) in [6.07, 6.45) is 0.384. The molecule has 22 heavy (non-hydrogen) atoms. The van der Waals surface area contributed by atoms with E-state index in [2.05, 4.69) is 4.72 Å². The van der Waals surface area contributed by atoms with E-state index in [0.29, 0.717) is 18.0 Å². The number of halogens is 1. The molecule has 1 aliphatic heterocycles. The van der Waals surface area contributed by atoms with Gasteiger partial charge in [0.25, 0.3) is 0 Å². The largest absolute Gasteiger partial charge is 0.340 e. The lowest BCUT2D eigenvalue weighted by Crippen LogP contribution is -2.34. The van der Waals surface area contributed by atoms with E-state index in [4.69, 9.17) is 11.6 Å². The Labute approximate surface area is 136 Å². The summed E-state index contributed by atoms with van der Waals surface area (Å²) in [4.78, 5) is 13.8. The number of sulfonamides is 1. The van der Waals surface area contributed by atoms with Crippen LogP contribution >= 0.6 is 11.6 Å². The lowest BCUT2D eigenvalue weighted by atomic mass is 10.1. The average Bonchev–Trinajstić information content (AvgIpc) is 2.81. The zero-order valence-electron chi connectivity index (χ0n) is 13.0. The highest BCUT2D eigenvalue weighted by Crippen LogP contribution is 2.22. The van der Waals surface area contributed by atoms with E-state index in [1.165, 1.54) is 12.1 Å². The van der Waals surface area contributed by atoms with Gasteiger partial charge in [-0.05, 0) is 44.4 Å². The Balaban J connectivity index is 2.02. The van der Waals surface area contributed by atoms with Crippen LogP contribution in [0.5, 0.6) is 0 Å². The van der Waals surface area contributed by atoms with Crippen LogP contribution < -0.4 is 4.72 Å². The Morgan fingerprint density at radius 2 is 2.09 bits per heavy atom. The Kier molecular flexibility index (Phi) is 5.14. The smallest absolute Gasteiger partial charge is 0.240 e. The lowest BCUT2D eigenvalue weighted by molar-refractivity contribution is -0.129. The van der Waals surface area contributed by atoms with Crippen molar-refractivity contribution in [3.63, 3.8) is 0 Å². The molecule has 1 N–H and O–H groups in total. The van der Waals surface area contributed by atoms with Crippen molar-refractivity contribution in [2.45, 2.75) is 38.1 Å². The molecular formula is C15H21ClN2O3S. The number of rotatable bonds is 5. The fourth-order valence-electron chi connectivity index (χ4n) is 2.50. The maximum absolute atomic E-state index is 12.3. The maximum Gasteiger partial charge on any atom is 0.240 e. The number of hydrogen-bond acceptors (Lipinski definition) is 3. The molecule has 5 nitrogen and oxygen atoms in total. The summed E-state index contributed by atoms with van der Waals surface area (Å²) in [6.45, 7) is 6.57. The van der Waals surface area contributed by atoms with Crippen LogP contribution in [0, 0.1) is 12.8 Å². The molecular weight excluding hydrogens is 324 g/mol.